The van der Waals surface area contributed by atoms with Crippen molar-refractivity contribution in [2.75, 3.05) is 7.05 Å². The predicted molar refractivity (Wildman–Crippen MR) is 85.6 cm³/mol. The summed E-state index contributed by atoms with van der Waals surface area (Å²) < 4.78 is 1.61. The number of nitrogens with one attached hydrogen (secondary N) is 1. The molecule has 5 nitrogen and oxygen atoms in total. The first-order chi connectivity index (χ1) is 10.4. The molecule has 0 fully saturated rings. The number of aryl methyl sites for hydroxylation is 2. The topological polar surface area (TPSA) is 70.7 Å². The molecule has 0 saturated heterocycles. The molecule has 1 aromatic carbocycles. The summed E-state index contributed by atoms with van der Waals surface area (Å²) in [5.41, 5.74) is 4.34. The number of carbonyl (C=O) groups excluding carboxylic acids is 1. The van der Waals surface area contributed by atoms with Crippen molar-refractivity contribution in [2.45, 2.75) is 33.7 Å². The fourth-order valence-corrected chi connectivity index (χ4v) is 2.34. The molecule has 22 heavy (non-hydrogen) atoms. The van der Waals surface area contributed by atoms with Crippen molar-refractivity contribution < 1.29 is 4.79 Å². The molecule has 1 amide bonds. The highest BCUT2D eigenvalue weighted by molar-refractivity contribution is 5.97. The fourth-order valence-electron chi connectivity index (χ4n) is 2.34. The van der Waals surface area contributed by atoms with Gasteiger partial charge < -0.3 is 5.32 Å². The Morgan fingerprint density at radius 1 is 1.32 bits per heavy atom. The van der Waals surface area contributed by atoms with Crippen LogP contribution in [-0.4, -0.2) is 22.7 Å². The lowest BCUT2D eigenvalue weighted by Gasteiger charge is -2.09. The average molecular weight is 296 g/mol. The van der Waals surface area contributed by atoms with Crippen LogP contribution in [0.2, 0.25) is 0 Å². The summed E-state index contributed by atoms with van der Waals surface area (Å²) >= 11 is 0. The van der Waals surface area contributed by atoms with Gasteiger partial charge in [-0.15, -0.1) is 0 Å². The largest absolute Gasteiger partial charge is 0.354 e. The number of rotatable bonds is 3. The molecule has 0 aliphatic carbocycles. The minimum absolute atomic E-state index is 0.0142. The van der Waals surface area contributed by atoms with Crippen LogP contribution in [0.25, 0.3) is 11.3 Å². The molecule has 1 aromatic heterocycles. The van der Waals surface area contributed by atoms with Gasteiger partial charge >= 0.3 is 0 Å². The molecule has 114 valence electrons. The Bertz CT molecular complexity index is 766. The van der Waals surface area contributed by atoms with Gasteiger partial charge in [-0.1, -0.05) is 12.1 Å². The van der Waals surface area contributed by atoms with Crippen molar-refractivity contribution in [3.8, 4) is 17.3 Å². The Morgan fingerprint density at radius 3 is 2.50 bits per heavy atom. The van der Waals surface area contributed by atoms with Crippen molar-refractivity contribution in [2.24, 2.45) is 0 Å². The monoisotopic (exact) mass is 296 g/mol. The Morgan fingerprint density at radius 2 is 2.00 bits per heavy atom. The molecule has 0 unspecified atom stereocenters. The van der Waals surface area contributed by atoms with E-state index < -0.39 is 0 Å². The zero-order valence-corrected chi connectivity index (χ0v) is 13.6. The fraction of sp³-hybridized carbons (Fsp3) is 0.353. The molecular formula is C17H20N4O. The summed E-state index contributed by atoms with van der Waals surface area (Å²) in [6.07, 6.45) is 0. The summed E-state index contributed by atoms with van der Waals surface area (Å²) in [6, 6.07) is 8.06. The van der Waals surface area contributed by atoms with Crippen LogP contribution in [-0.2, 0) is 0 Å². The lowest BCUT2D eigenvalue weighted by atomic mass is 10.0. The first kappa shape index (κ1) is 15.8. The van der Waals surface area contributed by atoms with Crippen LogP contribution in [0.4, 0.5) is 0 Å². The smallest absolute Gasteiger partial charge is 0.270 e. The van der Waals surface area contributed by atoms with E-state index in [2.05, 4.69) is 16.5 Å². The molecular weight excluding hydrogens is 276 g/mol. The average Bonchev–Trinajstić information content (AvgIpc) is 2.88. The van der Waals surface area contributed by atoms with Crippen LogP contribution in [0.1, 0.15) is 47.1 Å². The molecule has 1 N–H and O–H groups in total. The van der Waals surface area contributed by atoms with Crippen LogP contribution in [0.5, 0.6) is 0 Å². The second-order valence-electron chi connectivity index (χ2n) is 5.60. The summed E-state index contributed by atoms with van der Waals surface area (Å²) in [5.74, 6) is -0.298. The van der Waals surface area contributed by atoms with Gasteiger partial charge in [0.05, 0.1) is 0 Å². The van der Waals surface area contributed by atoms with Crippen LogP contribution in [0.3, 0.4) is 0 Å². The van der Waals surface area contributed by atoms with E-state index in [4.69, 9.17) is 0 Å². The van der Waals surface area contributed by atoms with E-state index in [1.165, 1.54) is 5.56 Å². The number of nitriles is 1. The van der Waals surface area contributed by atoms with E-state index in [9.17, 15) is 10.1 Å². The summed E-state index contributed by atoms with van der Waals surface area (Å²) in [7, 11) is 1.55. The van der Waals surface area contributed by atoms with Crippen LogP contribution in [0, 0.1) is 25.2 Å². The number of nitrogens with zero attached hydrogens (tertiary/aromatic N) is 3. The molecule has 2 rings (SSSR count). The number of benzene rings is 1. The van der Waals surface area contributed by atoms with Crippen molar-refractivity contribution >= 4 is 5.91 Å². The second kappa shape index (κ2) is 6.02. The van der Waals surface area contributed by atoms with E-state index in [1.54, 1.807) is 11.7 Å². The van der Waals surface area contributed by atoms with Crippen molar-refractivity contribution in [1.82, 2.24) is 15.1 Å². The quantitative estimate of drug-likeness (QED) is 0.946. The number of hydrogen-bond acceptors (Lipinski definition) is 3. The number of carbonyl (C=O) groups is 1. The maximum absolute atomic E-state index is 12.2. The summed E-state index contributed by atoms with van der Waals surface area (Å²) in [6.45, 7) is 7.92. The van der Waals surface area contributed by atoms with Gasteiger partial charge in [0.25, 0.3) is 5.91 Å². The van der Waals surface area contributed by atoms with Crippen molar-refractivity contribution in [3.05, 3.63) is 40.6 Å². The number of hydrogen-bond donors (Lipinski definition) is 1. The first-order valence-corrected chi connectivity index (χ1v) is 7.23. The van der Waals surface area contributed by atoms with Gasteiger partial charge in [0, 0.05) is 18.7 Å². The van der Waals surface area contributed by atoms with Gasteiger partial charge in [0.1, 0.15) is 23.0 Å². The Labute approximate surface area is 130 Å². The number of amides is 1. The highest BCUT2D eigenvalue weighted by Gasteiger charge is 2.25. The van der Waals surface area contributed by atoms with E-state index in [1.807, 2.05) is 45.9 Å². The standard InChI is InChI=1S/C17H20N4O/c1-10(2)21-16(17(22)19-5)14(9-18)15(20-21)13-7-6-11(3)12(4)8-13/h6-8,10H,1-5H3,(H,19,22). The second-order valence-corrected chi connectivity index (χ2v) is 5.60. The maximum atomic E-state index is 12.2. The van der Waals surface area contributed by atoms with E-state index in [-0.39, 0.29) is 11.9 Å². The number of aromatic nitrogens is 2. The van der Waals surface area contributed by atoms with E-state index >= 15 is 0 Å². The summed E-state index contributed by atoms with van der Waals surface area (Å²) in [5, 5.41) is 16.7. The third-order valence-corrected chi connectivity index (χ3v) is 3.73. The SMILES string of the molecule is CNC(=O)c1c(C#N)c(-c2ccc(C)c(C)c2)nn1C(C)C. The van der Waals surface area contributed by atoms with E-state index in [0.717, 1.165) is 11.1 Å². The molecule has 2 aromatic rings. The Kier molecular flexibility index (Phi) is 4.32. The van der Waals surface area contributed by atoms with Crippen molar-refractivity contribution in [3.63, 3.8) is 0 Å². The molecule has 5 heteroatoms. The Hall–Kier alpha value is -2.61. The molecule has 0 saturated carbocycles. The molecule has 0 bridgehead atoms. The van der Waals surface area contributed by atoms with Gasteiger partial charge in [-0.2, -0.15) is 10.4 Å². The third-order valence-electron chi connectivity index (χ3n) is 3.73. The Balaban J connectivity index is 2.74. The lowest BCUT2D eigenvalue weighted by Crippen LogP contribution is -2.24. The predicted octanol–water partition coefficient (Wildman–Crippen LogP) is 2.98. The molecule has 0 radical (unpaired) electrons. The van der Waals surface area contributed by atoms with Gasteiger partial charge in [-0.25, -0.2) is 0 Å². The molecule has 0 spiro atoms. The van der Waals surface area contributed by atoms with Gasteiger partial charge in [0.2, 0.25) is 0 Å². The van der Waals surface area contributed by atoms with Gasteiger partial charge in [0.15, 0.2) is 0 Å². The highest BCUT2D eigenvalue weighted by Crippen LogP contribution is 2.28. The molecule has 0 aliphatic rings. The van der Waals surface area contributed by atoms with Crippen molar-refractivity contribution in [1.29, 1.82) is 5.26 Å². The lowest BCUT2D eigenvalue weighted by molar-refractivity contribution is 0.0950. The molecule has 1 heterocycles. The summed E-state index contributed by atoms with van der Waals surface area (Å²) in [4.78, 5) is 12.2. The van der Waals surface area contributed by atoms with Gasteiger partial charge in [-0.05, 0) is 44.9 Å². The van der Waals surface area contributed by atoms with Gasteiger partial charge in [-0.3, -0.25) is 9.48 Å². The minimum Gasteiger partial charge on any atom is -0.354 e. The zero-order valence-electron chi connectivity index (χ0n) is 13.6. The van der Waals surface area contributed by atoms with Crippen LogP contribution >= 0.6 is 0 Å². The van der Waals surface area contributed by atoms with E-state index in [0.29, 0.717) is 17.0 Å². The molecule has 0 atom stereocenters. The van der Waals surface area contributed by atoms with Crippen LogP contribution < -0.4 is 5.32 Å². The molecule has 0 aliphatic heterocycles. The van der Waals surface area contributed by atoms with Crippen LogP contribution in [0.15, 0.2) is 18.2 Å². The normalized spacial score (nSPS) is 10.6. The zero-order chi connectivity index (χ0) is 16.4. The first-order valence-electron chi connectivity index (χ1n) is 7.23. The minimum atomic E-state index is -0.298. The highest BCUT2D eigenvalue weighted by atomic mass is 16.1. The third kappa shape index (κ3) is 2.60. The maximum Gasteiger partial charge on any atom is 0.270 e.